The number of rotatable bonds is 5. The van der Waals surface area contributed by atoms with Crippen LogP contribution in [-0.4, -0.2) is 49.2 Å². The van der Waals surface area contributed by atoms with E-state index in [-0.39, 0.29) is 17.9 Å². The van der Waals surface area contributed by atoms with E-state index in [2.05, 4.69) is 10.6 Å². The van der Waals surface area contributed by atoms with E-state index >= 15 is 0 Å². The molecular formula is C15H23N3O4. The van der Waals surface area contributed by atoms with Crippen LogP contribution in [0.3, 0.4) is 0 Å². The predicted molar refractivity (Wildman–Crippen MR) is 80.1 cm³/mol. The summed E-state index contributed by atoms with van der Waals surface area (Å²) < 4.78 is 10.4. The quantitative estimate of drug-likeness (QED) is 0.848. The Hall–Kier alpha value is -2.02. The summed E-state index contributed by atoms with van der Waals surface area (Å²) >= 11 is 0. The Balaban J connectivity index is 1.87. The first-order valence-electron chi connectivity index (χ1n) is 7.51. The molecule has 2 rings (SSSR count). The Bertz CT molecular complexity index is 481. The Morgan fingerprint density at radius 2 is 2.05 bits per heavy atom. The van der Waals surface area contributed by atoms with Crippen molar-refractivity contribution in [2.75, 3.05) is 26.3 Å². The van der Waals surface area contributed by atoms with Gasteiger partial charge in [0, 0.05) is 13.1 Å². The van der Waals surface area contributed by atoms with Crippen LogP contribution in [-0.2, 0) is 16.1 Å². The number of urea groups is 1. The first kappa shape index (κ1) is 16.4. The molecule has 1 atom stereocenters. The average molecular weight is 309 g/mol. The van der Waals surface area contributed by atoms with Crippen LogP contribution >= 0.6 is 0 Å². The molecule has 1 aliphatic rings. The lowest BCUT2D eigenvalue weighted by atomic mass is 10.0. The fourth-order valence-electron chi connectivity index (χ4n) is 2.22. The van der Waals surface area contributed by atoms with E-state index in [9.17, 15) is 9.59 Å². The van der Waals surface area contributed by atoms with E-state index < -0.39 is 6.04 Å². The highest BCUT2D eigenvalue weighted by atomic mass is 16.5. The summed E-state index contributed by atoms with van der Waals surface area (Å²) in [6, 6.07) is 2.75. The first-order chi connectivity index (χ1) is 10.6. The van der Waals surface area contributed by atoms with E-state index in [1.807, 2.05) is 13.8 Å². The normalized spacial score (nSPS) is 16.4. The Morgan fingerprint density at radius 1 is 1.32 bits per heavy atom. The van der Waals surface area contributed by atoms with Crippen molar-refractivity contribution in [3.8, 4) is 0 Å². The number of morpholine rings is 1. The van der Waals surface area contributed by atoms with E-state index in [0.717, 1.165) is 0 Å². The van der Waals surface area contributed by atoms with Gasteiger partial charge in [-0.1, -0.05) is 13.8 Å². The van der Waals surface area contributed by atoms with E-state index in [0.29, 0.717) is 38.6 Å². The van der Waals surface area contributed by atoms with Crippen molar-refractivity contribution in [3.63, 3.8) is 0 Å². The zero-order valence-electron chi connectivity index (χ0n) is 13.0. The Labute approximate surface area is 130 Å². The van der Waals surface area contributed by atoms with Gasteiger partial charge in [-0.05, 0) is 18.1 Å². The fourth-order valence-corrected chi connectivity index (χ4v) is 2.22. The van der Waals surface area contributed by atoms with Gasteiger partial charge in [0.15, 0.2) is 0 Å². The topological polar surface area (TPSA) is 83.8 Å². The molecule has 7 nitrogen and oxygen atoms in total. The van der Waals surface area contributed by atoms with Gasteiger partial charge in [0.2, 0.25) is 5.91 Å². The lowest BCUT2D eigenvalue weighted by Gasteiger charge is -2.30. The van der Waals surface area contributed by atoms with Gasteiger partial charge >= 0.3 is 6.03 Å². The smallest absolute Gasteiger partial charge is 0.318 e. The number of amides is 3. The summed E-state index contributed by atoms with van der Waals surface area (Å²) in [6.45, 7) is 6.26. The second-order valence-electron chi connectivity index (χ2n) is 5.57. The zero-order valence-corrected chi connectivity index (χ0v) is 13.0. The SMILES string of the molecule is CC(C)[C@@H](NC(=O)N1CCOCC1)C(=O)NCc1ccco1. The van der Waals surface area contributed by atoms with Crippen molar-refractivity contribution in [2.45, 2.75) is 26.4 Å². The van der Waals surface area contributed by atoms with Crippen molar-refractivity contribution < 1.29 is 18.7 Å². The number of nitrogens with one attached hydrogen (secondary N) is 2. The highest BCUT2D eigenvalue weighted by Gasteiger charge is 2.27. The largest absolute Gasteiger partial charge is 0.467 e. The average Bonchev–Trinajstić information content (AvgIpc) is 3.04. The second kappa shape index (κ2) is 7.84. The molecule has 0 saturated carbocycles. The number of carbonyl (C=O) groups excluding carboxylic acids is 2. The van der Waals surface area contributed by atoms with Crippen molar-refractivity contribution >= 4 is 11.9 Å². The number of furan rings is 1. The van der Waals surface area contributed by atoms with Crippen molar-refractivity contribution in [1.82, 2.24) is 15.5 Å². The number of hydrogen-bond donors (Lipinski definition) is 2. The van der Waals surface area contributed by atoms with Gasteiger partial charge in [0.25, 0.3) is 0 Å². The Morgan fingerprint density at radius 3 is 2.64 bits per heavy atom. The summed E-state index contributed by atoms with van der Waals surface area (Å²) in [5, 5.41) is 5.59. The Kier molecular flexibility index (Phi) is 5.83. The molecule has 3 amide bonds. The maximum Gasteiger partial charge on any atom is 0.318 e. The van der Waals surface area contributed by atoms with Crippen molar-refractivity contribution in [3.05, 3.63) is 24.2 Å². The van der Waals surface area contributed by atoms with Crippen LogP contribution in [0.1, 0.15) is 19.6 Å². The maximum atomic E-state index is 12.3. The maximum absolute atomic E-state index is 12.3. The molecule has 0 aliphatic carbocycles. The highest BCUT2D eigenvalue weighted by Crippen LogP contribution is 2.06. The van der Waals surface area contributed by atoms with Crippen LogP contribution < -0.4 is 10.6 Å². The third-order valence-electron chi connectivity index (χ3n) is 3.54. The van der Waals surface area contributed by atoms with E-state index in [1.165, 1.54) is 0 Å². The number of ether oxygens (including phenoxy) is 1. The fraction of sp³-hybridized carbons (Fsp3) is 0.600. The van der Waals surface area contributed by atoms with Crippen LogP contribution in [0.25, 0.3) is 0 Å². The molecule has 1 aliphatic heterocycles. The molecular weight excluding hydrogens is 286 g/mol. The molecule has 2 N–H and O–H groups in total. The minimum Gasteiger partial charge on any atom is -0.467 e. The van der Waals surface area contributed by atoms with Crippen LogP contribution in [0.2, 0.25) is 0 Å². The molecule has 7 heteroatoms. The van der Waals surface area contributed by atoms with Gasteiger partial charge in [-0.15, -0.1) is 0 Å². The van der Waals surface area contributed by atoms with E-state index in [4.69, 9.17) is 9.15 Å². The molecule has 122 valence electrons. The molecule has 1 aromatic heterocycles. The van der Waals surface area contributed by atoms with Gasteiger partial charge in [-0.3, -0.25) is 4.79 Å². The summed E-state index contributed by atoms with van der Waals surface area (Å²) in [5.41, 5.74) is 0. The molecule has 1 saturated heterocycles. The van der Waals surface area contributed by atoms with Gasteiger partial charge < -0.3 is 24.7 Å². The molecule has 1 fully saturated rings. The van der Waals surface area contributed by atoms with Gasteiger partial charge in [0.1, 0.15) is 11.8 Å². The number of carbonyl (C=O) groups is 2. The summed E-state index contributed by atoms with van der Waals surface area (Å²) in [4.78, 5) is 26.2. The molecule has 0 bridgehead atoms. The lowest BCUT2D eigenvalue weighted by molar-refractivity contribution is -0.124. The van der Waals surface area contributed by atoms with Crippen LogP contribution in [0.15, 0.2) is 22.8 Å². The zero-order chi connectivity index (χ0) is 15.9. The minimum atomic E-state index is -0.578. The van der Waals surface area contributed by atoms with Crippen molar-refractivity contribution in [1.29, 1.82) is 0 Å². The molecule has 0 unspecified atom stereocenters. The number of nitrogens with zero attached hydrogens (tertiary/aromatic N) is 1. The van der Waals surface area contributed by atoms with Crippen molar-refractivity contribution in [2.24, 2.45) is 5.92 Å². The standard InChI is InChI=1S/C15H23N3O4/c1-11(2)13(14(19)16-10-12-4-3-7-22-12)17-15(20)18-5-8-21-9-6-18/h3-4,7,11,13H,5-6,8-10H2,1-2H3,(H,16,19)(H,17,20)/t13-/m1/s1. The predicted octanol–water partition coefficient (Wildman–Crippen LogP) is 0.962. The third kappa shape index (κ3) is 4.49. The van der Waals surface area contributed by atoms with Crippen LogP contribution in [0, 0.1) is 5.92 Å². The van der Waals surface area contributed by atoms with Gasteiger partial charge in [0.05, 0.1) is 26.0 Å². The first-order valence-corrected chi connectivity index (χ1v) is 7.51. The number of hydrogen-bond acceptors (Lipinski definition) is 4. The molecule has 0 spiro atoms. The molecule has 1 aromatic rings. The van der Waals surface area contributed by atoms with Crippen LogP contribution in [0.4, 0.5) is 4.79 Å². The summed E-state index contributed by atoms with van der Waals surface area (Å²) in [5.74, 6) is 0.449. The second-order valence-corrected chi connectivity index (χ2v) is 5.57. The molecule has 22 heavy (non-hydrogen) atoms. The molecule has 0 aromatic carbocycles. The molecule has 2 heterocycles. The molecule has 0 radical (unpaired) electrons. The summed E-state index contributed by atoms with van der Waals surface area (Å²) in [6.07, 6.45) is 1.56. The van der Waals surface area contributed by atoms with Gasteiger partial charge in [-0.25, -0.2) is 4.79 Å². The van der Waals surface area contributed by atoms with Gasteiger partial charge in [-0.2, -0.15) is 0 Å². The highest BCUT2D eigenvalue weighted by molar-refractivity contribution is 5.87. The lowest BCUT2D eigenvalue weighted by Crippen LogP contribution is -2.55. The van der Waals surface area contributed by atoms with E-state index in [1.54, 1.807) is 23.3 Å². The third-order valence-corrected chi connectivity index (χ3v) is 3.54. The minimum absolute atomic E-state index is 0.0124. The summed E-state index contributed by atoms with van der Waals surface area (Å²) in [7, 11) is 0. The monoisotopic (exact) mass is 309 g/mol. The van der Waals surface area contributed by atoms with Crippen LogP contribution in [0.5, 0.6) is 0 Å².